The lowest BCUT2D eigenvalue weighted by atomic mass is 9.50. The second kappa shape index (κ2) is 8.26. The normalized spacial score (nSPS) is 44.0. The van der Waals surface area contributed by atoms with E-state index in [9.17, 15) is 4.91 Å². The van der Waals surface area contributed by atoms with Crippen LogP contribution in [0.2, 0.25) is 0 Å². The molecule has 0 spiro atoms. The molecule has 0 aromatic rings. The highest BCUT2D eigenvalue weighted by Gasteiger charge is 2.57. The Morgan fingerprint density at radius 1 is 0.964 bits per heavy atom. The van der Waals surface area contributed by atoms with Gasteiger partial charge in [0, 0.05) is 13.1 Å². The monoisotopic (exact) mass is 388 g/mol. The first-order chi connectivity index (χ1) is 13.4. The summed E-state index contributed by atoms with van der Waals surface area (Å²) in [6, 6.07) is 0. The molecule has 4 rings (SSSR count). The summed E-state index contributed by atoms with van der Waals surface area (Å²) in [6.45, 7) is 11.8. The lowest BCUT2D eigenvalue weighted by Gasteiger charge is -2.56. The van der Waals surface area contributed by atoms with E-state index in [1.807, 2.05) is 0 Å². The van der Waals surface area contributed by atoms with Crippen molar-refractivity contribution in [2.75, 3.05) is 13.1 Å². The van der Waals surface area contributed by atoms with Gasteiger partial charge in [-0.3, -0.25) is 5.01 Å². The van der Waals surface area contributed by atoms with E-state index < -0.39 is 0 Å². The molecule has 0 amide bonds. The zero-order valence-corrected chi connectivity index (χ0v) is 18.9. The minimum Gasteiger partial charge on any atom is -0.261 e. The fourth-order valence-electron chi connectivity index (χ4n) is 8.67. The van der Waals surface area contributed by atoms with Crippen LogP contribution < -0.4 is 0 Å². The predicted octanol–water partition coefficient (Wildman–Crippen LogP) is 6.92. The SMILES string of the molecule is CC(C)CCCC(C)C1CCC2C3CCC4CN(N=O)CCC4C3CCC12C. The van der Waals surface area contributed by atoms with Crippen LogP contribution in [-0.2, 0) is 0 Å². The average Bonchev–Trinajstić information content (AvgIpc) is 3.04. The highest BCUT2D eigenvalue weighted by Crippen LogP contribution is 2.65. The Morgan fingerprint density at radius 3 is 2.54 bits per heavy atom. The molecule has 1 aliphatic heterocycles. The van der Waals surface area contributed by atoms with Crippen LogP contribution in [0.3, 0.4) is 0 Å². The second-order valence-electron chi connectivity index (χ2n) is 11.7. The molecule has 0 bridgehead atoms. The summed E-state index contributed by atoms with van der Waals surface area (Å²) in [4.78, 5) is 11.0. The van der Waals surface area contributed by atoms with Gasteiger partial charge in [0.25, 0.3) is 0 Å². The fraction of sp³-hybridized carbons (Fsp3) is 1.00. The highest BCUT2D eigenvalue weighted by atomic mass is 16.3. The Kier molecular flexibility index (Phi) is 6.10. The first-order valence-corrected chi connectivity index (χ1v) is 12.5. The maximum atomic E-state index is 11.0. The van der Waals surface area contributed by atoms with E-state index in [2.05, 4.69) is 33.0 Å². The molecule has 3 heteroatoms. The van der Waals surface area contributed by atoms with Gasteiger partial charge in [-0.1, -0.05) is 47.0 Å². The minimum absolute atomic E-state index is 0.607. The van der Waals surface area contributed by atoms with Gasteiger partial charge in [0.1, 0.15) is 0 Å². The van der Waals surface area contributed by atoms with Crippen LogP contribution in [0.4, 0.5) is 0 Å². The van der Waals surface area contributed by atoms with E-state index in [4.69, 9.17) is 0 Å². The molecule has 160 valence electrons. The van der Waals surface area contributed by atoms with Crippen molar-refractivity contribution in [2.24, 2.45) is 58.0 Å². The van der Waals surface area contributed by atoms with E-state index in [0.717, 1.165) is 60.4 Å². The van der Waals surface area contributed by atoms with Crippen LogP contribution in [0.5, 0.6) is 0 Å². The largest absolute Gasteiger partial charge is 0.261 e. The number of nitroso groups, excluding NO2 is 1. The molecule has 8 unspecified atom stereocenters. The summed E-state index contributed by atoms with van der Waals surface area (Å²) < 4.78 is 0. The van der Waals surface area contributed by atoms with E-state index in [1.165, 1.54) is 64.2 Å². The zero-order chi connectivity index (χ0) is 19.9. The molecular formula is C25H44N2O. The molecule has 28 heavy (non-hydrogen) atoms. The molecule has 3 nitrogen and oxygen atoms in total. The molecule has 0 aromatic carbocycles. The lowest BCUT2D eigenvalue weighted by molar-refractivity contribution is -0.0783. The van der Waals surface area contributed by atoms with Crippen molar-refractivity contribution < 1.29 is 0 Å². The molecule has 3 aliphatic carbocycles. The number of hydrogen-bond donors (Lipinski definition) is 0. The van der Waals surface area contributed by atoms with Crippen LogP contribution in [-0.4, -0.2) is 18.1 Å². The second-order valence-corrected chi connectivity index (χ2v) is 11.7. The number of piperidine rings is 1. The van der Waals surface area contributed by atoms with Gasteiger partial charge in [-0.05, 0) is 97.7 Å². The van der Waals surface area contributed by atoms with E-state index in [0.29, 0.717) is 5.41 Å². The van der Waals surface area contributed by atoms with Crippen molar-refractivity contribution in [1.82, 2.24) is 5.01 Å². The van der Waals surface area contributed by atoms with Crippen molar-refractivity contribution in [3.8, 4) is 0 Å². The predicted molar refractivity (Wildman–Crippen MR) is 117 cm³/mol. The van der Waals surface area contributed by atoms with Gasteiger partial charge in [0.2, 0.25) is 0 Å². The van der Waals surface area contributed by atoms with Crippen molar-refractivity contribution in [1.29, 1.82) is 0 Å². The summed E-state index contributed by atoms with van der Waals surface area (Å²) in [6.07, 6.45) is 14.2. The smallest absolute Gasteiger partial charge is 0.0524 e. The van der Waals surface area contributed by atoms with Crippen LogP contribution in [0, 0.1) is 57.7 Å². The van der Waals surface area contributed by atoms with Crippen LogP contribution in [0.25, 0.3) is 0 Å². The molecule has 8 atom stereocenters. The van der Waals surface area contributed by atoms with Gasteiger partial charge in [0.05, 0.1) is 5.29 Å². The highest BCUT2D eigenvalue weighted by molar-refractivity contribution is 5.06. The van der Waals surface area contributed by atoms with Gasteiger partial charge < -0.3 is 0 Å². The van der Waals surface area contributed by atoms with Crippen molar-refractivity contribution in [3.05, 3.63) is 4.91 Å². The average molecular weight is 389 g/mol. The van der Waals surface area contributed by atoms with E-state index >= 15 is 0 Å². The molecule has 0 radical (unpaired) electrons. The Morgan fingerprint density at radius 2 is 1.79 bits per heavy atom. The van der Waals surface area contributed by atoms with Gasteiger partial charge in [0.15, 0.2) is 0 Å². The van der Waals surface area contributed by atoms with Crippen molar-refractivity contribution >= 4 is 0 Å². The Balaban J connectivity index is 1.41. The molecule has 0 N–H and O–H groups in total. The number of fused-ring (bicyclic) bond motifs is 5. The zero-order valence-electron chi connectivity index (χ0n) is 18.9. The van der Waals surface area contributed by atoms with E-state index in [1.54, 1.807) is 5.01 Å². The number of hydrogen-bond acceptors (Lipinski definition) is 2. The Hall–Kier alpha value is -0.600. The van der Waals surface area contributed by atoms with Crippen LogP contribution in [0.15, 0.2) is 5.29 Å². The maximum Gasteiger partial charge on any atom is 0.0524 e. The van der Waals surface area contributed by atoms with E-state index in [-0.39, 0.29) is 0 Å². The third-order valence-corrected chi connectivity index (χ3v) is 10.0. The van der Waals surface area contributed by atoms with Crippen LogP contribution in [0.1, 0.15) is 91.9 Å². The molecule has 1 saturated heterocycles. The fourth-order valence-corrected chi connectivity index (χ4v) is 8.67. The molecule has 4 aliphatic rings. The topological polar surface area (TPSA) is 32.7 Å². The third kappa shape index (κ3) is 3.65. The van der Waals surface area contributed by atoms with Crippen molar-refractivity contribution in [3.63, 3.8) is 0 Å². The van der Waals surface area contributed by atoms with Gasteiger partial charge in [-0.25, -0.2) is 0 Å². The summed E-state index contributed by atoms with van der Waals surface area (Å²) in [5.41, 5.74) is 0.607. The standard InChI is InChI=1S/C25H44N2O/c1-17(2)6-5-7-18(3)23-10-11-24-22-9-8-19-16-27(26-28)15-13-20(19)21(22)12-14-25(23,24)4/h17-24H,5-16H2,1-4H3. The molecule has 1 heterocycles. The molecule has 3 saturated carbocycles. The summed E-state index contributed by atoms with van der Waals surface area (Å²) in [5, 5.41) is 5.06. The Bertz CT molecular complexity index is 549. The molecule has 4 fully saturated rings. The van der Waals surface area contributed by atoms with Gasteiger partial charge in [-0.15, -0.1) is 4.91 Å². The lowest BCUT2D eigenvalue weighted by Crippen LogP contribution is -2.51. The van der Waals surface area contributed by atoms with Gasteiger partial charge >= 0.3 is 0 Å². The quantitative estimate of drug-likeness (QED) is 0.463. The number of rotatable bonds is 6. The Labute approximate surface area is 173 Å². The van der Waals surface area contributed by atoms with Gasteiger partial charge in [-0.2, -0.15) is 0 Å². The molecular weight excluding hydrogens is 344 g/mol. The third-order valence-electron chi connectivity index (χ3n) is 10.0. The maximum absolute atomic E-state index is 11.0. The first-order valence-electron chi connectivity index (χ1n) is 12.5. The minimum atomic E-state index is 0.607. The van der Waals surface area contributed by atoms with Crippen LogP contribution >= 0.6 is 0 Å². The summed E-state index contributed by atoms with van der Waals surface area (Å²) >= 11 is 0. The molecule has 0 aromatic heterocycles. The summed E-state index contributed by atoms with van der Waals surface area (Å²) in [5.74, 6) is 7.24. The van der Waals surface area contributed by atoms with Crippen molar-refractivity contribution in [2.45, 2.75) is 91.9 Å². The summed E-state index contributed by atoms with van der Waals surface area (Å²) in [7, 11) is 0. The first kappa shape index (κ1) is 20.7. The number of nitrogens with zero attached hydrogens (tertiary/aromatic N) is 2.